The van der Waals surface area contributed by atoms with E-state index in [2.05, 4.69) is 5.32 Å². The fraction of sp³-hybridized carbons (Fsp3) is 0.194. The number of benzene rings is 4. The zero-order valence-electron chi connectivity index (χ0n) is 21.1. The molecule has 0 aliphatic rings. The molecule has 4 aromatic rings. The van der Waals surface area contributed by atoms with Gasteiger partial charge in [0.1, 0.15) is 13.2 Å². The van der Waals surface area contributed by atoms with E-state index in [1.165, 1.54) is 0 Å². The molecule has 0 unspecified atom stereocenters. The predicted octanol–water partition coefficient (Wildman–Crippen LogP) is 5.83. The van der Waals surface area contributed by atoms with E-state index in [1.54, 1.807) is 32.4 Å². The number of amides is 1. The average Bonchev–Trinajstić information content (AvgIpc) is 2.96. The second-order valence-electron chi connectivity index (χ2n) is 8.41. The van der Waals surface area contributed by atoms with Crippen molar-refractivity contribution in [1.29, 1.82) is 0 Å². The second kappa shape index (κ2) is 13.0. The number of ether oxygens (including phenoxy) is 4. The second-order valence-corrected chi connectivity index (χ2v) is 8.41. The Kier molecular flexibility index (Phi) is 9.02. The number of methoxy groups -OCH3 is 2. The van der Waals surface area contributed by atoms with E-state index in [-0.39, 0.29) is 5.91 Å². The smallest absolute Gasteiger partial charge is 0.251 e. The van der Waals surface area contributed by atoms with Gasteiger partial charge in [-0.1, -0.05) is 66.7 Å². The Morgan fingerprint density at radius 1 is 0.622 bits per heavy atom. The van der Waals surface area contributed by atoms with E-state index in [0.717, 1.165) is 16.7 Å². The fourth-order valence-electron chi connectivity index (χ4n) is 3.81. The monoisotopic (exact) mass is 497 g/mol. The Morgan fingerprint density at radius 3 is 1.84 bits per heavy atom. The maximum atomic E-state index is 12.8. The molecule has 0 atom stereocenters. The van der Waals surface area contributed by atoms with Gasteiger partial charge in [-0.05, 0) is 53.4 Å². The molecule has 4 aromatic carbocycles. The minimum Gasteiger partial charge on any atom is -0.493 e. The summed E-state index contributed by atoms with van der Waals surface area (Å²) >= 11 is 0. The number of hydrogen-bond donors (Lipinski definition) is 1. The first-order valence-corrected chi connectivity index (χ1v) is 12.1. The fourth-order valence-corrected chi connectivity index (χ4v) is 3.81. The van der Waals surface area contributed by atoms with Gasteiger partial charge in [0.25, 0.3) is 5.91 Å². The van der Waals surface area contributed by atoms with Crippen LogP contribution >= 0.6 is 0 Å². The molecule has 1 amide bonds. The highest BCUT2D eigenvalue weighted by Crippen LogP contribution is 2.30. The van der Waals surface area contributed by atoms with E-state index in [0.29, 0.717) is 54.7 Å². The van der Waals surface area contributed by atoms with Crippen molar-refractivity contribution in [3.05, 3.63) is 119 Å². The Hall–Kier alpha value is -4.45. The van der Waals surface area contributed by atoms with Crippen LogP contribution in [-0.4, -0.2) is 26.7 Å². The molecule has 0 aliphatic carbocycles. The molecule has 0 heterocycles. The van der Waals surface area contributed by atoms with Gasteiger partial charge < -0.3 is 24.3 Å². The minimum absolute atomic E-state index is 0.179. The molecule has 0 aliphatic heterocycles. The first kappa shape index (κ1) is 25.6. The van der Waals surface area contributed by atoms with Crippen molar-refractivity contribution in [2.45, 2.75) is 19.6 Å². The summed E-state index contributed by atoms with van der Waals surface area (Å²) in [4.78, 5) is 12.8. The lowest BCUT2D eigenvalue weighted by molar-refractivity contribution is 0.0953. The van der Waals surface area contributed by atoms with Gasteiger partial charge in [0.2, 0.25) is 0 Å². The van der Waals surface area contributed by atoms with Gasteiger partial charge in [-0.15, -0.1) is 0 Å². The molecule has 190 valence electrons. The summed E-state index contributed by atoms with van der Waals surface area (Å²) < 4.78 is 22.8. The maximum absolute atomic E-state index is 12.8. The first-order chi connectivity index (χ1) is 18.2. The summed E-state index contributed by atoms with van der Waals surface area (Å²) in [5.41, 5.74) is 3.66. The summed E-state index contributed by atoms with van der Waals surface area (Å²) in [7, 11) is 3.20. The molecule has 37 heavy (non-hydrogen) atoms. The molecule has 0 fully saturated rings. The summed E-state index contributed by atoms with van der Waals surface area (Å²) in [6.45, 7) is 1.32. The van der Waals surface area contributed by atoms with Crippen LogP contribution in [0.2, 0.25) is 0 Å². The molecule has 0 spiro atoms. The van der Waals surface area contributed by atoms with Crippen LogP contribution in [0.4, 0.5) is 0 Å². The molecular formula is C31H31NO5. The first-order valence-electron chi connectivity index (χ1n) is 12.1. The third-order valence-electron chi connectivity index (χ3n) is 5.83. The zero-order valence-corrected chi connectivity index (χ0v) is 21.1. The molecule has 1 N–H and O–H groups in total. The Bertz CT molecular complexity index is 1290. The van der Waals surface area contributed by atoms with Crippen LogP contribution in [-0.2, 0) is 19.6 Å². The number of carbonyl (C=O) groups excluding carboxylic acids is 1. The molecule has 0 saturated carbocycles. The Balaban J connectivity index is 1.32. The number of rotatable bonds is 12. The SMILES string of the molecule is COc1cc(CCNC(=O)c2ccc(OC)c(OCc3ccccc3)c2)ccc1OCc1ccccc1. The van der Waals surface area contributed by atoms with Crippen LogP contribution in [0, 0.1) is 0 Å². The third kappa shape index (κ3) is 7.27. The number of hydrogen-bond acceptors (Lipinski definition) is 5. The van der Waals surface area contributed by atoms with Crippen LogP contribution < -0.4 is 24.3 Å². The molecule has 0 saturated heterocycles. The van der Waals surface area contributed by atoms with Crippen molar-refractivity contribution in [3.63, 3.8) is 0 Å². The lowest BCUT2D eigenvalue weighted by Crippen LogP contribution is -2.25. The van der Waals surface area contributed by atoms with E-state index in [1.807, 2.05) is 78.9 Å². The Labute approximate surface area is 217 Å². The zero-order chi connectivity index (χ0) is 25.9. The maximum Gasteiger partial charge on any atom is 0.251 e. The summed E-state index contributed by atoms with van der Waals surface area (Å²) in [6, 6.07) is 30.8. The normalized spacial score (nSPS) is 10.4. The van der Waals surface area contributed by atoms with Gasteiger partial charge in [-0.3, -0.25) is 4.79 Å². The van der Waals surface area contributed by atoms with Crippen LogP contribution in [0.5, 0.6) is 23.0 Å². The van der Waals surface area contributed by atoms with E-state index in [4.69, 9.17) is 18.9 Å². The van der Waals surface area contributed by atoms with Crippen LogP contribution in [0.3, 0.4) is 0 Å². The van der Waals surface area contributed by atoms with Crippen molar-refractivity contribution >= 4 is 5.91 Å². The number of nitrogens with one attached hydrogen (secondary N) is 1. The molecule has 0 bridgehead atoms. The highest BCUT2D eigenvalue weighted by atomic mass is 16.5. The Morgan fingerprint density at radius 2 is 1.22 bits per heavy atom. The topological polar surface area (TPSA) is 66.0 Å². The molecule has 4 rings (SSSR count). The van der Waals surface area contributed by atoms with Gasteiger partial charge >= 0.3 is 0 Å². The molecular weight excluding hydrogens is 466 g/mol. The third-order valence-corrected chi connectivity index (χ3v) is 5.83. The van der Waals surface area contributed by atoms with E-state index in [9.17, 15) is 4.79 Å². The molecule has 0 radical (unpaired) electrons. The largest absolute Gasteiger partial charge is 0.493 e. The highest BCUT2D eigenvalue weighted by Gasteiger charge is 2.12. The summed E-state index contributed by atoms with van der Waals surface area (Å²) in [6.07, 6.45) is 0.647. The minimum atomic E-state index is -0.179. The van der Waals surface area contributed by atoms with Gasteiger partial charge in [0.05, 0.1) is 14.2 Å². The molecule has 0 aromatic heterocycles. The number of carbonyl (C=O) groups is 1. The summed E-state index contributed by atoms with van der Waals surface area (Å²) in [5, 5.41) is 2.98. The van der Waals surface area contributed by atoms with Crippen LogP contribution in [0.1, 0.15) is 27.0 Å². The lowest BCUT2D eigenvalue weighted by Gasteiger charge is -2.14. The van der Waals surface area contributed by atoms with E-state index >= 15 is 0 Å². The van der Waals surface area contributed by atoms with Crippen molar-refractivity contribution in [2.24, 2.45) is 0 Å². The van der Waals surface area contributed by atoms with Gasteiger partial charge in [-0.25, -0.2) is 0 Å². The molecule has 6 heteroatoms. The quantitative estimate of drug-likeness (QED) is 0.267. The van der Waals surface area contributed by atoms with Gasteiger partial charge in [-0.2, -0.15) is 0 Å². The van der Waals surface area contributed by atoms with Crippen LogP contribution in [0.25, 0.3) is 0 Å². The van der Waals surface area contributed by atoms with Gasteiger partial charge in [0, 0.05) is 12.1 Å². The van der Waals surface area contributed by atoms with Crippen molar-refractivity contribution in [3.8, 4) is 23.0 Å². The van der Waals surface area contributed by atoms with Crippen molar-refractivity contribution in [1.82, 2.24) is 5.32 Å². The van der Waals surface area contributed by atoms with Crippen molar-refractivity contribution in [2.75, 3.05) is 20.8 Å². The summed E-state index contributed by atoms with van der Waals surface area (Å²) in [5.74, 6) is 2.27. The lowest BCUT2D eigenvalue weighted by atomic mass is 10.1. The molecule has 6 nitrogen and oxygen atoms in total. The highest BCUT2D eigenvalue weighted by molar-refractivity contribution is 5.94. The van der Waals surface area contributed by atoms with Crippen LogP contribution in [0.15, 0.2) is 97.1 Å². The van der Waals surface area contributed by atoms with Crippen molar-refractivity contribution < 1.29 is 23.7 Å². The van der Waals surface area contributed by atoms with E-state index < -0.39 is 0 Å². The average molecular weight is 498 g/mol. The standard InChI is InChI=1S/C31H31NO5/c1-34-27-16-14-26(20-30(27)37-22-25-11-7-4-8-12-25)31(33)32-18-17-23-13-15-28(29(19-23)35-2)36-21-24-9-5-3-6-10-24/h3-16,19-20H,17-18,21-22H2,1-2H3,(H,32,33). The van der Waals surface area contributed by atoms with Gasteiger partial charge in [0.15, 0.2) is 23.0 Å². The predicted molar refractivity (Wildman–Crippen MR) is 144 cm³/mol.